The largest absolute Gasteiger partial charge is 0.352 e. The van der Waals surface area contributed by atoms with Gasteiger partial charge in [0.2, 0.25) is 15.9 Å². The van der Waals surface area contributed by atoms with E-state index in [1.54, 1.807) is 12.1 Å². The first-order valence-electron chi connectivity index (χ1n) is 10.6. The third-order valence-corrected chi connectivity index (χ3v) is 7.49. The van der Waals surface area contributed by atoms with Gasteiger partial charge in [-0.15, -0.1) is 0 Å². The molecule has 162 valence electrons. The maximum atomic E-state index is 13.1. The average Bonchev–Trinajstić information content (AvgIpc) is 2.70. The van der Waals surface area contributed by atoms with Gasteiger partial charge in [0.1, 0.15) is 6.04 Å². The van der Waals surface area contributed by atoms with Crippen molar-refractivity contribution in [1.82, 2.24) is 10.0 Å². The van der Waals surface area contributed by atoms with E-state index in [0.29, 0.717) is 6.42 Å². The van der Waals surface area contributed by atoms with Crippen LogP contribution in [0.4, 0.5) is 0 Å². The summed E-state index contributed by atoms with van der Waals surface area (Å²) < 4.78 is 29.3. The molecule has 2 aromatic rings. The minimum Gasteiger partial charge on any atom is -0.352 e. The molecular weight excluding hydrogens is 464 g/mol. The number of hydrogen-bond acceptors (Lipinski definition) is 3. The van der Waals surface area contributed by atoms with Crippen LogP contribution < -0.4 is 10.0 Å². The number of carbonyl (C=O) groups is 1. The molecule has 0 spiro atoms. The number of rotatable bonds is 7. The Morgan fingerprint density at radius 3 is 2.17 bits per heavy atom. The van der Waals surface area contributed by atoms with E-state index in [-0.39, 0.29) is 16.8 Å². The zero-order chi connectivity index (χ0) is 21.4. The van der Waals surface area contributed by atoms with Crippen LogP contribution >= 0.6 is 15.9 Å². The SMILES string of the molecule is O=C(NC1CCCCCCC1)[C@@H](Cc1ccccc1)NS(=O)(=O)c1ccc(Br)cc1. The Morgan fingerprint density at radius 2 is 1.53 bits per heavy atom. The second-order valence-corrected chi connectivity index (χ2v) is 10.5. The number of nitrogens with one attached hydrogen (secondary N) is 2. The molecule has 0 heterocycles. The fourth-order valence-corrected chi connectivity index (χ4v) is 5.27. The highest BCUT2D eigenvalue weighted by molar-refractivity contribution is 9.10. The van der Waals surface area contributed by atoms with Crippen molar-refractivity contribution >= 4 is 31.9 Å². The molecule has 30 heavy (non-hydrogen) atoms. The van der Waals surface area contributed by atoms with Gasteiger partial charge in [0.15, 0.2) is 0 Å². The third kappa shape index (κ3) is 6.93. The van der Waals surface area contributed by atoms with Crippen molar-refractivity contribution in [3.05, 3.63) is 64.6 Å². The summed E-state index contributed by atoms with van der Waals surface area (Å²) in [5.74, 6) is -0.259. The molecule has 7 heteroatoms. The van der Waals surface area contributed by atoms with Gasteiger partial charge in [0, 0.05) is 10.5 Å². The molecule has 0 aromatic heterocycles. The van der Waals surface area contributed by atoms with Crippen LogP contribution in [0.5, 0.6) is 0 Å². The molecule has 1 saturated carbocycles. The van der Waals surface area contributed by atoms with E-state index in [1.807, 2.05) is 30.3 Å². The number of amides is 1. The van der Waals surface area contributed by atoms with Crippen LogP contribution in [-0.2, 0) is 21.2 Å². The van der Waals surface area contributed by atoms with E-state index < -0.39 is 16.1 Å². The van der Waals surface area contributed by atoms with Crippen LogP contribution in [0.15, 0.2) is 64.0 Å². The zero-order valence-electron chi connectivity index (χ0n) is 17.0. The van der Waals surface area contributed by atoms with Gasteiger partial charge in [-0.25, -0.2) is 8.42 Å². The molecule has 1 atom stereocenters. The first-order valence-corrected chi connectivity index (χ1v) is 12.8. The minimum absolute atomic E-state index is 0.105. The van der Waals surface area contributed by atoms with Crippen molar-refractivity contribution < 1.29 is 13.2 Å². The van der Waals surface area contributed by atoms with E-state index >= 15 is 0 Å². The van der Waals surface area contributed by atoms with E-state index in [1.165, 1.54) is 31.4 Å². The molecule has 5 nitrogen and oxygen atoms in total. The summed E-state index contributed by atoms with van der Waals surface area (Å²) in [6.45, 7) is 0. The Labute approximate surface area is 187 Å². The Bertz CT molecular complexity index is 909. The lowest BCUT2D eigenvalue weighted by atomic mass is 9.96. The normalized spacial score (nSPS) is 17.0. The predicted octanol–water partition coefficient (Wildman–Crippen LogP) is 4.57. The molecule has 1 aliphatic rings. The summed E-state index contributed by atoms with van der Waals surface area (Å²) in [6.07, 6.45) is 8.02. The van der Waals surface area contributed by atoms with Crippen molar-refractivity contribution in [2.75, 3.05) is 0 Å². The number of halogens is 1. The molecule has 0 radical (unpaired) electrons. The Hall–Kier alpha value is -1.70. The molecule has 0 unspecified atom stereocenters. The quantitative estimate of drug-likeness (QED) is 0.594. The molecule has 0 aliphatic heterocycles. The van der Waals surface area contributed by atoms with Crippen LogP contribution in [0, 0.1) is 0 Å². The van der Waals surface area contributed by atoms with Crippen LogP contribution in [0.2, 0.25) is 0 Å². The summed E-state index contributed by atoms with van der Waals surface area (Å²) >= 11 is 3.32. The molecule has 1 amide bonds. The molecule has 3 rings (SSSR count). The first kappa shape index (κ1) is 23.0. The summed E-state index contributed by atoms with van der Waals surface area (Å²) in [5.41, 5.74) is 0.911. The molecule has 2 aromatic carbocycles. The van der Waals surface area contributed by atoms with Crippen LogP contribution in [0.1, 0.15) is 50.5 Å². The number of carbonyl (C=O) groups excluding carboxylic acids is 1. The van der Waals surface area contributed by atoms with E-state index in [9.17, 15) is 13.2 Å². The van der Waals surface area contributed by atoms with Crippen molar-refractivity contribution in [2.45, 2.75) is 68.3 Å². The monoisotopic (exact) mass is 492 g/mol. The highest BCUT2D eigenvalue weighted by Crippen LogP contribution is 2.18. The average molecular weight is 493 g/mol. The molecule has 2 N–H and O–H groups in total. The maximum absolute atomic E-state index is 13.1. The lowest BCUT2D eigenvalue weighted by Crippen LogP contribution is -2.50. The van der Waals surface area contributed by atoms with Crippen molar-refractivity contribution in [3.8, 4) is 0 Å². The van der Waals surface area contributed by atoms with Gasteiger partial charge in [-0.05, 0) is 49.1 Å². The molecule has 1 aliphatic carbocycles. The van der Waals surface area contributed by atoms with Crippen LogP contribution in [-0.4, -0.2) is 26.4 Å². The maximum Gasteiger partial charge on any atom is 0.241 e. The lowest BCUT2D eigenvalue weighted by Gasteiger charge is -2.25. The smallest absolute Gasteiger partial charge is 0.241 e. The second kappa shape index (κ2) is 11.1. The zero-order valence-corrected chi connectivity index (χ0v) is 19.4. The molecule has 0 saturated heterocycles. The minimum atomic E-state index is -3.83. The Morgan fingerprint density at radius 1 is 0.933 bits per heavy atom. The van der Waals surface area contributed by atoms with Crippen molar-refractivity contribution in [2.24, 2.45) is 0 Å². The Balaban J connectivity index is 1.76. The fraction of sp³-hybridized carbons (Fsp3) is 0.435. The lowest BCUT2D eigenvalue weighted by molar-refractivity contribution is -0.123. The van der Waals surface area contributed by atoms with E-state index in [4.69, 9.17) is 0 Å². The molecular formula is C23H29BrN2O3S. The van der Waals surface area contributed by atoms with Gasteiger partial charge in [0.05, 0.1) is 4.90 Å². The summed E-state index contributed by atoms with van der Waals surface area (Å²) in [5, 5.41) is 3.12. The molecule has 0 bridgehead atoms. The highest BCUT2D eigenvalue weighted by atomic mass is 79.9. The summed E-state index contributed by atoms with van der Waals surface area (Å²) in [7, 11) is -3.83. The van der Waals surface area contributed by atoms with Crippen LogP contribution in [0.25, 0.3) is 0 Å². The van der Waals surface area contributed by atoms with Crippen molar-refractivity contribution in [1.29, 1.82) is 0 Å². The van der Waals surface area contributed by atoms with Gasteiger partial charge in [0.25, 0.3) is 0 Å². The topological polar surface area (TPSA) is 75.3 Å². The summed E-state index contributed by atoms with van der Waals surface area (Å²) in [4.78, 5) is 13.3. The first-order chi connectivity index (χ1) is 14.4. The summed E-state index contributed by atoms with van der Waals surface area (Å²) in [6, 6.07) is 15.1. The number of hydrogen-bond donors (Lipinski definition) is 2. The van der Waals surface area contributed by atoms with Gasteiger partial charge in [-0.3, -0.25) is 4.79 Å². The predicted molar refractivity (Wildman–Crippen MR) is 123 cm³/mol. The number of benzene rings is 2. The van der Waals surface area contributed by atoms with E-state index in [2.05, 4.69) is 26.0 Å². The highest BCUT2D eigenvalue weighted by Gasteiger charge is 2.27. The van der Waals surface area contributed by atoms with Gasteiger partial charge < -0.3 is 5.32 Å². The van der Waals surface area contributed by atoms with Gasteiger partial charge in [-0.2, -0.15) is 4.72 Å². The van der Waals surface area contributed by atoms with Crippen LogP contribution in [0.3, 0.4) is 0 Å². The van der Waals surface area contributed by atoms with Crippen molar-refractivity contribution in [3.63, 3.8) is 0 Å². The van der Waals surface area contributed by atoms with E-state index in [0.717, 1.165) is 35.7 Å². The standard InChI is InChI=1S/C23H29BrN2O3S/c24-19-13-15-21(16-14-19)30(28,29)26-22(17-18-9-5-4-6-10-18)23(27)25-20-11-7-2-1-3-8-12-20/h4-6,9-10,13-16,20,22,26H,1-3,7-8,11-12,17H2,(H,25,27)/t22-/m1/s1. The fourth-order valence-electron chi connectivity index (χ4n) is 3.81. The molecule has 1 fully saturated rings. The third-order valence-electron chi connectivity index (χ3n) is 5.47. The van der Waals surface area contributed by atoms with Gasteiger partial charge >= 0.3 is 0 Å². The number of sulfonamides is 1. The Kier molecular flexibility index (Phi) is 8.48. The van der Waals surface area contributed by atoms with Gasteiger partial charge in [-0.1, -0.05) is 78.4 Å². The second-order valence-electron chi connectivity index (χ2n) is 7.87.